The van der Waals surface area contributed by atoms with Crippen molar-refractivity contribution in [1.82, 2.24) is 9.62 Å². The standard InChI is InChI=1S/C15H24N2O3S/c1-3-15(16-2)13-5-4-6-14(9-13)21(19,20)17-8-7-12(10-17)11-18/h4-6,9,12,15-16,18H,3,7-8,10-11H2,1-2H3. The maximum Gasteiger partial charge on any atom is 0.243 e. The summed E-state index contributed by atoms with van der Waals surface area (Å²) >= 11 is 0. The summed E-state index contributed by atoms with van der Waals surface area (Å²) in [5.74, 6) is 0.0589. The predicted molar refractivity (Wildman–Crippen MR) is 82.5 cm³/mol. The first-order valence-corrected chi connectivity index (χ1v) is 8.85. The van der Waals surface area contributed by atoms with Crippen LogP contribution in [0.3, 0.4) is 0 Å². The van der Waals surface area contributed by atoms with Crippen LogP contribution >= 0.6 is 0 Å². The van der Waals surface area contributed by atoms with Crippen LogP contribution in [0.25, 0.3) is 0 Å². The number of benzene rings is 1. The Balaban J connectivity index is 2.26. The van der Waals surface area contributed by atoms with E-state index in [1.165, 1.54) is 4.31 Å². The SMILES string of the molecule is CCC(NC)c1cccc(S(=O)(=O)N2CCC(CO)C2)c1. The van der Waals surface area contributed by atoms with E-state index in [0.29, 0.717) is 18.0 Å². The molecule has 2 N–H and O–H groups in total. The van der Waals surface area contributed by atoms with Crippen molar-refractivity contribution in [3.05, 3.63) is 29.8 Å². The summed E-state index contributed by atoms with van der Waals surface area (Å²) in [5, 5.41) is 12.4. The van der Waals surface area contributed by atoms with E-state index >= 15 is 0 Å². The molecule has 2 rings (SSSR count). The third-order valence-electron chi connectivity index (χ3n) is 4.16. The van der Waals surface area contributed by atoms with Crippen LogP contribution in [0.5, 0.6) is 0 Å². The first-order chi connectivity index (χ1) is 10.0. The summed E-state index contributed by atoms with van der Waals surface area (Å²) in [7, 11) is -1.58. The molecule has 2 atom stereocenters. The number of nitrogens with one attached hydrogen (secondary N) is 1. The molecule has 0 aromatic heterocycles. The average Bonchev–Trinajstić information content (AvgIpc) is 2.98. The maximum absolute atomic E-state index is 12.7. The van der Waals surface area contributed by atoms with E-state index in [2.05, 4.69) is 12.2 Å². The normalized spacial score (nSPS) is 21.6. The molecule has 1 heterocycles. The number of sulfonamides is 1. The first-order valence-electron chi connectivity index (χ1n) is 7.41. The Morgan fingerprint density at radius 1 is 1.48 bits per heavy atom. The van der Waals surface area contributed by atoms with E-state index in [1.807, 2.05) is 13.1 Å². The van der Waals surface area contributed by atoms with Gasteiger partial charge in [-0.15, -0.1) is 0 Å². The molecule has 0 bridgehead atoms. The molecule has 0 aliphatic carbocycles. The van der Waals surface area contributed by atoms with Gasteiger partial charge in [0.1, 0.15) is 0 Å². The lowest BCUT2D eigenvalue weighted by molar-refractivity contribution is 0.233. The van der Waals surface area contributed by atoms with Gasteiger partial charge in [0, 0.05) is 25.7 Å². The van der Waals surface area contributed by atoms with Gasteiger partial charge >= 0.3 is 0 Å². The van der Waals surface area contributed by atoms with E-state index in [-0.39, 0.29) is 18.6 Å². The number of aliphatic hydroxyl groups excluding tert-OH is 1. The van der Waals surface area contributed by atoms with Crippen molar-refractivity contribution in [3.63, 3.8) is 0 Å². The molecular formula is C15H24N2O3S. The topological polar surface area (TPSA) is 69.6 Å². The monoisotopic (exact) mass is 312 g/mol. The second kappa shape index (κ2) is 6.87. The average molecular weight is 312 g/mol. The van der Waals surface area contributed by atoms with E-state index < -0.39 is 10.0 Å². The summed E-state index contributed by atoms with van der Waals surface area (Å²) in [5.41, 5.74) is 0.985. The second-order valence-corrected chi connectivity index (χ2v) is 7.46. The highest BCUT2D eigenvalue weighted by Gasteiger charge is 2.32. The van der Waals surface area contributed by atoms with Gasteiger partial charge in [-0.1, -0.05) is 19.1 Å². The summed E-state index contributed by atoms with van der Waals surface area (Å²) in [4.78, 5) is 0.340. The van der Waals surface area contributed by atoms with Gasteiger partial charge in [-0.05, 0) is 43.5 Å². The smallest absolute Gasteiger partial charge is 0.243 e. The molecule has 1 aromatic carbocycles. The molecule has 1 aliphatic heterocycles. The Morgan fingerprint density at radius 2 is 2.24 bits per heavy atom. The fourth-order valence-electron chi connectivity index (χ4n) is 2.81. The molecule has 6 heteroatoms. The van der Waals surface area contributed by atoms with Gasteiger partial charge in [-0.2, -0.15) is 4.31 Å². The third-order valence-corrected chi connectivity index (χ3v) is 6.02. The van der Waals surface area contributed by atoms with Gasteiger partial charge in [0.25, 0.3) is 0 Å². The molecule has 1 saturated heterocycles. The lowest BCUT2D eigenvalue weighted by Gasteiger charge is -2.19. The van der Waals surface area contributed by atoms with Crippen LogP contribution in [0.4, 0.5) is 0 Å². The largest absolute Gasteiger partial charge is 0.396 e. The summed E-state index contributed by atoms with van der Waals surface area (Å²) in [6, 6.07) is 7.30. The van der Waals surface area contributed by atoms with Crippen LogP contribution in [0.1, 0.15) is 31.4 Å². The van der Waals surface area contributed by atoms with Gasteiger partial charge in [-0.3, -0.25) is 0 Å². The third kappa shape index (κ3) is 3.45. The summed E-state index contributed by atoms with van der Waals surface area (Å²) in [6.45, 7) is 3.01. The Kier molecular flexibility index (Phi) is 5.37. The Hall–Kier alpha value is -0.950. The minimum absolute atomic E-state index is 0.0454. The molecule has 1 aromatic rings. The van der Waals surface area contributed by atoms with Crippen LogP contribution < -0.4 is 5.32 Å². The van der Waals surface area contributed by atoms with Gasteiger partial charge in [0.05, 0.1) is 4.90 Å². The fraction of sp³-hybridized carbons (Fsp3) is 0.600. The molecule has 0 amide bonds. The molecule has 1 aliphatic rings. The van der Waals surface area contributed by atoms with E-state index in [0.717, 1.165) is 18.4 Å². The van der Waals surface area contributed by atoms with Crippen molar-refractivity contribution >= 4 is 10.0 Å². The van der Waals surface area contributed by atoms with Gasteiger partial charge in [-0.25, -0.2) is 8.42 Å². The van der Waals surface area contributed by atoms with Gasteiger partial charge in [0.15, 0.2) is 0 Å². The minimum atomic E-state index is -3.46. The lowest BCUT2D eigenvalue weighted by Crippen LogP contribution is -2.29. The lowest BCUT2D eigenvalue weighted by atomic mass is 10.1. The number of rotatable bonds is 6. The molecule has 5 nitrogen and oxygen atoms in total. The zero-order chi connectivity index (χ0) is 15.5. The molecule has 2 unspecified atom stereocenters. The van der Waals surface area contributed by atoms with Crippen molar-refractivity contribution in [2.45, 2.75) is 30.7 Å². The maximum atomic E-state index is 12.7. The van der Waals surface area contributed by atoms with E-state index in [4.69, 9.17) is 0 Å². The first kappa shape index (κ1) is 16.4. The molecule has 0 saturated carbocycles. The highest BCUT2D eigenvalue weighted by atomic mass is 32.2. The molecule has 0 radical (unpaired) electrons. The molecule has 21 heavy (non-hydrogen) atoms. The highest BCUT2D eigenvalue weighted by molar-refractivity contribution is 7.89. The highest BCUT2D eigenvalue weighted by Crippen LogP contribution is 2.26. The Labute approximate surface area is 127 Å². The fourth-order valence-corrected chi connectivity index (χ4v) is 4.40. The summed E-state index contributed by atoms with van der Waals surface area (Å²) < 4.78 is 26.8. The number of hydrogen-bond acceptors (Lipinski definition) is 4. The minimum Gasteiger partial charge on any atom is -0.396 e. The Bertz CT molecular complexity index is 570. The zero-order valence-electron chi connectivity index (χ0n) is 12.6. The van der Waals surface area contributed by atoms with E-state index in [1.54, 1.807) is 18.2 Å². The number of nitrogens with zero attached hydrogens (tertiary/aromatic N) is 1. The second-order valence-electron chi connectivity index (χ2n) is 5.52. The van der Waals surface area contributed by atoms with Crippen molar-refractivity contribution in [1.29, 1.82) is 0 Å². The molecule has 0 spiro atoms. The van der Waals surface area contributed by atoms with Crippen LogP contribution in [-0.2, 0) is 10.0 Å². The van der Waals surface area contributed by atoms with Gasteiger partial charge in [0.2, 0.25) is 10.0 Å². The van der Waals surface area contributed by atoms with E-state index in [9.17, 15) is 13.5 Å². The van der Waals surface area contributed by atoms with Crippen LogP contribution in [-0.4, -0.2) is 44.6 Å². The van der Waals surface area contributed by atoms with Crippen LogP contribution in [0.15, 0.2) is 29.2 Å². The van der Waals surface area contributed by atoms with Crippen molar-refractivity contribution in [2.75, 3.05) is 26.7 Å². The Morgan fingerprint density at radius 3 is 2.81 bits per heavy atom. The van der Waals surface area contributed by atoms with Crippen molar-refractivity contribution < 1.29 is 13.5 Å². The zero-order valence-corrected chi connectivity index (χ0v) is 13.4. The molecule has 1 fully saturated rings. The number of aliphatic hydroxyl groups is 1. The quantitative estimate of drug-likeness (QED) is 0.832. The molecular weight excluding hydrogens is 288 g/mol. The van der Waals surface area contributed by atoms with Crippen molar-refractivity contribution in [3.8, 4) is 0 Å². The number of hydrogen-bond donors (Lipinski definition) is 2. The molecule has 118 valence electrons. The predicted octanol–water partition coefficient (Wildman–Crippen LogP) is 1.36. The van der Waals surface area contributed by atoms with Crippen LogP contribution in [0, 0.1) is 5.92 Å². The van der Waals surface area contributed by atoms with Gasteiger partial charge < -0.3 is 10.4 Å². The van der Waals surface area contributed by atoms with Crippen molar-refractivity contribution in [2.24, 2.45) is 5.92 Å². The van der Waals surface area contributed by atoms with Crippen LogP contribution in [0.2, 0.25) is 0 Å². The summed E-state index contributed by atoms with van der Waals surface area (Å²) in [6.07, 6.45) is 1.62.